The Hall–Kier alpha value is -0.650. The minimum Gasteiger partial charge on any atom is -0.481 e. The van der Waals surface area contributed by atoms with E-state index in [2.05, 4.69) is 20.8 Å². The monoisotopic (exact) mass is 408 g/mol. The van der Waals surface area contributed by atoms with Gasteiger partial charge in [0.15, 0.2) is 0 Å². The molecule has 5 unspecified atom stereocenters. The quantitative estimate of drug-likeness (QED) is 0.571. The normalized spacial score (nSPS) is 52.9. The fourth-order valence-corrected chi connectivity index (χ4v) is 8.68. The van der Waals surface area contributed by atoms with Crippen molar-refractivity contribution in [2.24, 2.45) is 46.3 Å². The van der Waals surface area contributed by atoms with Crippen molar-refractivity contribution in [3.05, 3.63) is 0 Å². The van der Waals surface area contributed by atoms with Gasteiger partial charge in [-0.15, -0.1) is 0 Å². The number of carbonyl (C=O) groups is 1. The van der Waals surface area contributed by atoms with Crippen LogP contribution < -0.4 is 0 Å². The van der Waals surface area contributed by atoms with Gasteiger partial charge in [0.1, 0.15) is 0 Å². The molecule has 0 amide bonds. The van der Waals surface area contributed by atoms with Crippen LogP contribution in [0.3, 0.4) is 0 Å². The number of rotatable bonds is 4. The highest BCUT2D eigenvalue weighted by Crippen LogP contribution is 2.68. The molecule has 5 nitrogen and oxygen atoms in total. The predicted molar refractivity (Wildman–Crippen MR) is 110 cm³/mol. The molecule has 0 spiro atoms. The first-order chi connectivity index (χ1) is 13.6. The molecular formula is C24H40O5. The Kier molecular flexibility index (Phi) is 5.57. The lowest BCUT2D eigenvalue weighted by Gasteiger charge is -2.63. The second kappa shape index (κ2) is 7.49. The van der Waals surface area contributed by atoms with Gasteiger partial charge in [0, 0.05) is 6.42 Å². The first kappa shape index (κ1) is 21.6. The van der Waals surface area contributed by atoms with Gasteiger partial charge in [-0.05, 0) is 97.7 Å². The van der Waals surface area contributed by atoms with Crippen LogP contribution in [0.5, 0.6) is 0 Å². The standard InChI is InChI=1S/C24H40O5/c1-13(4-7-21(28)29)16-5-6-17-22-18(12-20(27)24(16,17)3)23(2)9-8-15(25)10-14(23)11-19(22)26/h13-20,22,25-27H,4-12H2,1-3H3,(H,28,29)/t13-,14?,15-,16?,17?,18?,19-,20+,22?,23+,24-/m1/s1. The van der Waals surface area contributed by atoms with Gasteiger partial charge in [0.05, 0.1) is 18.3 Å². The van der Waals surface area contributed by atoms with Gasteiger partial charge in [0.25, 0.3) is 0 Å². The van der Waals surface area contributed by atoms with Crippen molar-refractivity contribution < 1.29 is 25.2 Å². The second-order valence-electron chi connectivity index (χ2n) is 11.4. The van der Waals surface area contributed by atoms with Crippen LogP contribution in [0.25, 0.3) is 0 Å². The molecule has 0 aliphatic heterocycles. The fourth-order valence-electron chi connectivity index (χ4n) is 8.68. The van der Waals surface area contributed by atoms with Crippen molar-refractivity contribution in [2.45, 2.75) is 96.9 Å². The average Bonchev–Trinajstić information content (AvgIpc) is 3.01. The van der Waals surface area contributed by atoms with E-state index in [1.54, 1.807) is 0 Å². The van der Waals surface area contributed by atoms with E-state index in [0.29, 0.717) is 30.1 Å². The molecule has 0 saturated heterocycles. The van der Waals surface area contributed by atoms with E-state index in [4.69, 9.17) is 5.11 Å². The SMILES string of the molecule is C[C@H](CCC(=O)O)C1CCC2C3C(C[C@H](O)[C@@]21C)[C@@]1(C)CC[C@@H](O)CC1C[C@H]3O. The number of hydrogen-bond acceptors (Lipinski definition) is 4. The van der Waals surface area contributed by atoms with Gasteiger partial charge in [-0.25, -0.2) is 0 Å². The molecule has 29 heavy (non-hydrogen) atoms. The Morgan fingerprint density at radius 2 is 1.76 bits per heavy atom. The van der Waals surface area contributed by atoms with Crippen LogP contribution in [0, 0.1) is 46.3 Å². The molecule has 5 heteroatoms. The summed E-state index contributed by atoms with van der Waals surface area (Å²) >= 11 is 0. The predicted octanol–water partition coefficient (Wildman–Crippen LogP) is 3.45. The highest BCUT2D eigenvalue weighted by molar-refractivity contribution is 5.66. The summed E-state index contributed by atoms with van der Waals surface area (Å²) in [6.45, 7) is 6.72. The first-order valence-electron chi connectivity index (χ1n) is 11.8. The Balaban J connectivity index is 1.61. The van der Waals surface area contributed by atoms with Crippen LogP contribution in [0.2, 0.25) is 0 Å². The summed E-state index contributed by atoms with van der Waals surface area (Å²) in [6, 6.07) is 0. The van der Waals surface area contributed by atoms with Crippen molar-refractivity contribution in [3.8, 4) is 0 Å². The summed E-state index contributed by atoms with van der Waals surface area (Å²) in [5, 5.41) is 42.0. The highest BCUT2D eigenvalue weighted by atomic mass is 16.4. The topological polar surface area (TPSA) is 98.0 Å². The van der Waals surface area contributed by atoms with Gasteiger partial charge in [0.2, 0.25) is 0 Å². The summed E-state index contributed by atoms with van der Waals surface area (Å²) in [4.78, 5) is 11.1. The number of aliphatic carboxylic acids is 1. The number of hydrogen-bond donors (Lipinski definition) is 4. The molecular weight excluding hydrogens is 368 g/mol. The summed E-state index contributed by atoms with van der Waals surface area (Å²) in [7, 11) is 0. The Morgan fingerprint density at radius 3 is 2.45 bits per heavy atom. The summed E-state index contributed by atoms with van der Waals surface area (Å²) < 4.78 is 0. The molecule has 4 rings (SSSR count). The molecule has 166 valence electrons. The zero-order valence-corrected chi connectivity index (χ0v) is 18.3. The van der Waals surface area contributed by atoms with Gasteiger partial charge in [-0.1, -0.05) is 20.8 Å². The van der Waals surface area contributed by atoms with Gasteiger partial charge in [-0.3, -0.25) is 4.79 Å². The zero-order chi connectivity index (χ0) is 21.1. The maximum Gasteiger partial charge on any atom is 0.303 e. The van der Waals surface area contributed by atoms with Crippen LogP contribution in [-0.2, 0) is 4.79 Å². The van der Waals surface area contributed by atoms with Gasteiger partial charge >= 0.3 is 5.97 Å². The highest BCUT2D eigenvalue weighted by Gasteiger charge is 2.65. The van der Waals surface area contributed by atoms with Crippen LogP contribution >= 0.6 is 0 Å². The number of aliphatic hydroxyl groups excluding tert-OH is 3. The lowest BCUT2D eigenvalue weighted by Crippen LogP contribution is -2.62. The van der Waals surface area contributed by atoms with Crippen LogP contribution in [-0.4, -0.2) is 44.7 Å². The van der Waals surface area contributed by atoms with E-state index in [-0.39, 0.29) is 41.3 Å². The molecule has 4 aliphatic rings. The van der Waals surface area contributed by atoms with Crippen molar-refractivity contribution >= 4 is 5.97 Å². The second-order valence-corrected chi connectivity index (χ2v) is 11.4. The lowest BCUT2D eigenvalue weighted by molar-refractivity contribution is -0.207. The van der Waals surface area contributed by atoms with E-state index >= 15 is 0 Å². The minimum absolute atomic E-state index is 0.0957. The molecule has 0 bridgehead atoms. The molecule has 4 N–H and O–H groups in total. The Labute approximate surface area is 174 Å². The number of aliphatic hydroxyl groups is 3. The third kappa shape index (κ3) is 3.27. The average molecular weight is 409 g/mol. The van der Waals surface area contributed by atoms with E-state index < -0.39 is 12.1 Å². The van der Waals surface area contributed by atoms with E-state index in [1.165, 1.54) is 0 Å². The number of carboxylic acids is 1. The molecule has 0 aromatic rings. The maximum absolute atomic E-state index is 11.5. The summed E-state index contributed by atoms with van der Waals surface area (Å²) in [5.41, 5.74) is -0.143. The fraction of sp³-hybridized carbons (Fsp3) is 0.958. The molecule has 0 radical (unpaired) electrons. The third-order valence-corrected chi connectivity index (χ3v) is 10.3. The number of fused-ring (bicyclic) bond motifs is 5. The Bertz CT molecular complexity index is 637. The lowest BCUT2D eigenvalue weighted by atomic mass is 9.43. The van der Waals surface area contributed by atoms with Crippen LogP contribution in [0.1, 0.15) is 78.6 Å². The first-order valence-corrected chi connectivity index (χ1v) is 11.8. The maximum atomic E-state index is 11.5. The summed E-state index contributed by atoms with van der Waals surface area (Å²) in [6.07, 6.45) is 6.00. The summed E-state index contributed by atoms with van der Waals surface area (Å²) in [5.74, 6) is 0.997. The van der Waals surface area contributed by atoms with Crippen molar-refractivity contribution in [2.75, 3.05) is 0 Å². The van der Waals surface area contributed by atoms with Crippen LogP contribution in [0.15, 0.2) is 0 Å². The molecule has 4 saturated carbocycles. The van der Waals surface area contributed by atoms with E-state index in [9.17, 15) is 20.1 Å². The molecule has 4 fully saturated rings. The minimum atomic E-state index is -0.748. The largest absolute Gasteiger partial charge is 0.481 e. The number of carboxylic acid groups (broad SMARTS) is 1. The molecule has 0 heterocycles. The van der Waals surface area contributed by atoms with E-state index in [1.807, 2.05) is 0 Å². The third-order valence-electron chi connectivity index (χ3n) is 10.3. The molecule has 0 aromatic heterocycles. The molecule has 4 aliphatic carbocycles. The molecule has 11 atom stereocenters. The van der Waals surface area contributed by atoms with Gasteiger partial charge < -0.3 is 20.4 Å². The van der Waals surface area contributed by atoms with Crippen molar-refractivity contribution in [1.29, 1.82) is 0 Å². The van der Waals surface area contributed by atoms with Gasteiger partial charge in [-0.2, -0.15) is 0 Å². The van der Waals surface area contributed by atoms with E-state index in [0.717, 1.165) is 44.9 Å². The van der Waals surface area contributed by atoms with Crippen LogP contribution in [0.4, 0.5) is 0 Å². The smallest absolute Gasteiger partial charge is 0.303 e. The molecule has 0 aromatic carbocycles. The Morgan fingerprint density at radius 1 is 1.03 bits per heavy atom. The zero-order valence-electron chi connectivity index (χ0n) is 18.3. The van der Waals surface area contributed by atoms with Crippen molar-refractivity contribution in [1.82, 2.24) is 0 Å². The van der Waals surface area contributed by atoms with Crippen molar-refractivity contribution in [3.63, 3.8) is 0 Å².